The Morgan fingerprint density at radius 3 is 2.89 bits per heavy atom. The lowest BCUT2D eigenvalue weighted by Gasteiger charge is -2.07. The van der Waals surface area contributed by atoms with Gasteiger partial charge in [0.2, 0.25) is 5.91 Å². The van der Waals surface area contributed by atoms with E-state index in [1.807, 2.05) is 6.92 Å². The quantitative estimate of drug-likeness (QED) is 0.818. The molecule has 1 rings (SSSR count). The van der Waals surface area contributed by atoms with Gasteiger partial charge < -0.3 is 10.4 Å². The molecule has 1 aromatic rings. The Kier molecular flexibility index (Phi) is 6.19. The summed E-state index contributed by atoms with van der Waals surface area (Å²) in [5, 5.41) is 12.4. The Labute approximate surface area is 116 Å². The summed E-state index contributed by atoms with van der Waals surface area (Å²) in [7, 11) is 0. The maximum absolute atomic E-state index is 11.5. The van der Waals surface area contributed by atoms with E-state index in [0.29, 0.717) is 22.2 Å². The van der Waals surface area contributed by atoms with Gasteiger partial charge in [-0.05, 0) is 23.6 Å². The zero-order valence-corrected chi connectivity index (χ0v) is 11.5. The predicted molar refractivity (Wildman–Crippen MR) is 74.8 cm³/mol. The third-order valence-corrected chi connectivity index (χ3v) is 3.17. The lowest BCUT2D eigenvalue weighted by atomic mass is 10.2. The number of hydrogen-bond acceptors (Lipinski definition) is 2. The molecule has 0 radical (unpaired) electrons. The molecule has 5 heteroatoms. The van der Waals surface area contributed by atoms with E-state index in [0.717, 1.165) is 0 Å². The van der Waals surface area contributed by atoms with E-state index < -0.39 is 0 Å². The first-order valence-corrected chi connectivity index (χ1v) is 6.31. The minimum Gasteiger partial charge on any atom is -0.396 e. The largest absolute Gasteiger partial charge is 0.396 e. The standard InChI is InChI=1S/C13H15Cl2NO2/c1-9(8-17)7-16-12(18)6-5-10-3-2-4-11(14)13(10)15/h2-6,9,17H,7-8H2,1H3,(H,16,18). The van der Waals surface area contributed by atoms with Gasteiger partial charge in [0.05, 0.1) is 10.0 Å². The van der Waals surface area contributed by atoms with E-state index in [1.54, 1.807) is 24.3 Å². The van der Waals surface area contributed by atoms with E-state index in [9.17, 15) is 4.79 Å². The van der Waals surface area contributed by atoms with Crippen LogP contribution in [0.3, 0.4) is 0 Å². The van der Waals surface area contributed by atoms with Crippen molar-refractivity contribution < 1.29 is 9.90 Å². The van der Waals surface area contributed by atoms with E-state index in [4.69, 9.17) is 28.3 Å². The van der Waals surface area contributed by atoms with E-state index in [1.165, 1.54) is 6.08 Å². The summed E-state index contributed by atoms with van der Waals surface area (Å²) in [6.45, 7) is 2.32. The minimum atomic E-state index is -0.230. The smallest absolute Gasteiger partial charge is 0.244 e. The number of carbonyl (C=O) groups is 1. The molecular weight excluding hydrogens is 273 g/mol. The number of halogens is 2. The number of aliphatic hydroxyl groups is 1. The lowest BCUT2D eigenvalue weighted by molar-refractivity contribution is -0.116. The summed E-state index contributed by atoms with van der Waals surface area (Å²) in [5.41, 5.74) is 0.689. The maximum atomic E-state index is 11.5. The van der Waals surface area contributed by atoms with Gasteiger partial charge in [0.1, 0.15) is 0 Å². The fourth-order valence-electron chi connectivity index (χ4n) is 1.21. The molecule has 0 heterocycles. The molecule has 3 nitrogen and oxygen atoms in total. The van der Waals surface area contributed by atoms with Crippen LogP contribution in [0.4, 0.5) is 0 Å². The van der Waals surface area contributed by atoms with Crippen LogP contribution in [-0.4, -0.2) is 24.2 Å². The molecule has 0 aromatic heterocycles. The van der Waals surface area contributed by atoms with Crippen LogP contribution >= 0.6 is 23.2 Å². The summed E-state index contributed by atoms with van der Waals surface area (Å²) < 4.78 is 0. The highest BCUT2D eigenvalue weighted by atomic mass is 35.5. The fourth-order valence-corrected chi connectivity index (χ4v) is 1.58. The van der Waals surface area contributed by atoms with Crippen molar-refractivity contribution in [3.63, 3.8) is 0 Å². The molecule has 1 unspecified atom stereocenters. The molecule has 0 spiro atoms. The van der Waals surface area contributed by atoms with Gasteiger partial charge >= 0.3 is 0 Å². The van der Waals surface area contributed by atoms with Gasteiger partial charge in [-0.15, -0.1) is 0 Å². The Bertz CT molecular complexity index is 447. The second-order valence-corrected chi connectivity index (χ2v) is 4.79. The molecule has 98 valence electrons. The Hall–Kier alpha value is -1.03. The maximum Gasteiger partial charge on any atom is 0.244 e. The van der Waals surface area contributed by atoms with Crippen molar-refractivity contribution in [1.82, 2.24) is 5.32 Å². The van der Waals surface area contributed by atoms with Crippen LogP contribution in [0.1, 0.15) is 12.5 Å². The molecule has 1 aromatic carbocycles. The predicted octanol–water partition coefficient (Wildman–Crippen LogP) is 2.75. The van der Waals surface area contributed by atoms with Gasteiger partial charge in [-0.25, -0.2) is 0 Å². The van der Waals surface area contributed by atoms with Crippen molar-refractivity contribution in [3.05, 3.63) is 39.9 Å². The van der Waals surface area contributed by atoms with Crippen LogP contribution in [0.15, 0.2) is 24.3 Å². The van der Waals surface area contributed by atoms with E-state index in [-0.39, 0.29) is 18.4 Å². The van der Waals surface area contributed by atoms with Crippen LogP contribution in [0.5, 0.6) is 0 Å². The molecule has 1 atom stereocenters. The zero-order valence-electron chi connectivity index (χ0n) is 9.99. The molecule has 0 bridgehead atoms. The number of hydrogen-bond donors (Lipinski definition) is 2. The van der Waals surface area contributed by atoms with Crippen molar-refractivity contribution in [2.45, 2.75) is 6.92 Å². The highest BCUT2D eigenvalue weighted by molar-refractivity contribution is 6.42. The normalized spacial score (nSPS) is 12.7. The first-order valence-electron chi connectivity index (χ1n) is 5.55. The number of aliphatic hydroxyl groups excluding tert-OH is 1. The average molecular weight is 288 g/mol. The lowest BCUT2D eigenvalue weighted by Crippen LogP contribution is -2.27. The third kappa shape index (κ3) is 4.69. The molecule has 0 aliphatic heterocycles. The number of rotatable bonds is 5. The number of nitrogens with one attached hydrogen (secondary N) is 1. The fraction of sp³-hybridized carbons (Fsp3) is 0.308. The minimum absolute atomic E-state index is 0.0390. The van der Waals surface area contributed by atoms with Crippen LogP contribution in [0.25, 0.3) is 6.08 Å². The molecule has 2 N–H and O–H groups in total. The Morgan fingerprint density at radius 2 is 2.22 bits per heavy atom. The highest BCUT2D eigenvalue weighted by Gasteiger charge is 2.03. The Balaban J connectivity index is 2.58. The molecule has 18 heavy (non-hydrogen) atoms. The van der Waals surface area contributed by atoms with Crippen molar-refractivity contribution in [1.29, 1.82) is 0 Å². The second kappa shape index (κ2) is 7.41. The molecule has 0 aliphatic rings. The van der Waals surface area contributed by atoms with Crippen LogP contribution in [0.2, 0.25) is 10.0 Å². The molecule has 0 aliphatic carbocycles. The molecule has 0 fully saturated rings. The van der Waals surface area contributed by atoms with Crippen LogP contribution in [-0.2, 0) is 4.79 Å². The average Bonchev–Trinajstić information content (AvgIpc) is 2.37. The monoisotopic (exact) mass is 287 g/mol. The number of amides is 1. The summed E-state index contributed by atoms with van der Waals surface area (Å²) in [6, 6.07) is 5.22. The number of benzene rings is 1. The first kappa shape index (κ1) is 15.0. The van der Waals surface area contributed by atoms with Crippen molar-refractivity contribution in [3.8, 4) is 0 Å². The van der Waals surface area contributed by atoms with E-state index >= 15 is 0 Å². The van der Waals surface area contributed by atoms with Gasteiger partial charge in [-0.2, -0.15) is 0 Å². The Morgan fingerprint density at radius 1 is 1.50 bits per heavy atom. The first-order chi connectivity index (χ1) is 8.54. The van der Waals surface area contributed by atoms with Gasteiger partial charge in [0.25, 0.3) is 0 Å². The van der Waals surface area contributed by atoms with Gasteiger partial charge in [-0.1, -0.05) is 42.3 Å². The highest BCUT2D eigenvalue weighted by Crippen LogP contribution is 2.26. The summed E-state index contributed by atoms with van der Waals surface area (Å²) in [4.78, 5) is 11.5. The zero-order chi connectivity index (χ0) is 13.5. The van der Waals surface area contributed by atoms with Gasteiger partial charge in [-0.3, -0.25) is 4.79 Å². The summed E-state index contributed by atoms with van der Waals surface area (Å²) in [6.07, 6.45) is 2.99. The van der Waals surface area contributed by atoms with Crippen molar-refractivity contribution in [2.75, 3.05) is 13.2 Å². The molecule has 1 amide bonds. The van der Waals surface area contributed by atoms with Crippen LogP contribution < -0.4 is 5.32 Å². The summed E-state index contributed by atoms with van der Waals surface area (Å²) >= 11 is 11.8. The van der Waals surface area contributed by atoms with Crippen molar-refractivity contribution >= 4 is 35.2 Å². The topological polar surface area (TPSA) is 49.3 Å². The second-order valence-electron chi connectivity index (χ2n) is 4.01. The molecule has 0 saturated carbocycles. The van der Waals surface area contributed by atoms with Crippen LogP contribution in [0, 0.1) is 5.92 Å². The third-order valence-electron chi connectivity index (χ3n) is 2.33. The molecular formula is C13H15Cl2NO2. The molecule has 0 saturated heterocycles. The van der Waals surface area contributed by atoms with Gasteiger partial charge in [0, 0.05) is 19.2 Å². The number of carbonyl (C=O) groups excluding carboxylic acids is 1. The van der Waals surface area contributed by atoms with Gasteiger partial charge in [0.15, 0.2) is 0 Å². The van der Waals surface area contributed by atoms with Crippen molar-refractivity contribution in [2.24, 2.45) is 5.92 Å². The summed E-state index contributed by atoms with van der Waals surface area (Å²) in [5.74, 6) is -0.191. The van der Waals surface area contributed by atoms with E-state index in [2.05, 4.69) is 5.32 Å². The SMILES string of the molecule is CC(CO)CNC(=O)C=Cc1cccc(Cl)c1Cl.